The molecule has 1 aromatic carbocycles. The fourth-order valence-electron chi connectivity index (χ4n) is 2.20. The molecule has 0 fully saturated rings. The van der Waals surface area contributed by atoms with E-state index >= 15 is 0 Å². The van der Waals surface area contributed by atoms with Crippen molar-refractivity contribution in [1.29, 1.82) is 0 Å². The van der Waals surface area contributed by atoms with Crippen LogP contribution in [0.15, 0.2) is 30.6 Å². The Balaban J connectivity index is 2.30. The standard InChI is InChI=1S/C15H18N4O3/c1-9(2)12(13-16-8-17-19(13)3)18-14(20)10-6-4-5-7-11(10)15(21)22/h4-9,12H,1-3H3,(H,18,20)(H,21,22)/t12-/m1/s1. The van der Waals surface area contributed by atoms with E-state index in [-0.39, 0.29) is 23.1 Å². The number of aryl methyl sites for hydroxylation is 1. The van der Waals surface area contributed by atoms with Gasteiger partial charge in [-0.15, -0.1) is 0 Å². The summed E-state index contributed by atoms with van der Waals surface area (Å²) in [5.41, 5.74) is 0.100. The van der Waals surface area contributed by atoms with Gasteiger partial charge in [-0.25, -0.2) is 9.78 Å². The molecule has 0 bridgehead atoms. The summed E-state index contributed by atoms with van der Waals surface area (Å²) < 4.78 is 1.59. The number of carboxylic acids is 1. The third-order valence-electron chi connectivity index (χ3n) is 3.38. The van der Waals surface area contributed by atoms with Crippen LogP contribution in [0.3, 0.4) is 0 Å². The normalized spacial score (nSPS) is 12.2. The molecule has 1 amide bonds. The van der Waals surface area contributed by atoms with E-state index in [0.29, 0.717) is 5.82 Å². The van der Waals surface area contributed by atoms with Gasteiger partial charge < -0.3 is 10.4 Å². The zero-order chi connectivity index (χ0) is 16.3. The third kappa shape index (κ3) is 3.13. The van der Waals surface area contributed by atoms with Gasteiger partial charge in [0.05, 0.1) is 17.2 Å². The molecule has 7 heteroatoms. The minimum atomic E-state index is -1.13. The Bertz CT molecular complexity index is 694. The van der Waals surface area contributed by atoms with Crippen LogP contribution in [0.25, 0.3) is 0 Å². The molecule has 2 rings (SSSR count). The highest BCUT2D eigenvalue weighted by atomic mass is 16.4. The average molecular weight is 302 g/mol. The summed E-state index contributed by atoms with van der Waals surface area (Å²) in [5, 5.41) is 16.0. The van der Waals surface area contributed by atoms with Crippen LogP contribution in [0.5, 0.6) is 0 Å². The quantitative estimate of drug-likeness (QED) is 0.875. The maximum Gasteiger partial charge on any atom is 0.336 e. The predicted octanol–water partition coefficient (Wildman–Crippen LogP) is 1.64. The molecular weight excluding hydrogens is 284 g/mol. The molecule has 7 nitrogen and oxygen atoms in total. The highest BCUT2D eigenvalue weighted by Gasteiger charge is 2.25. The Kier molecular flexibility index (Phi) is 4.55. The first-order valence-corrected chi connectivity index (χ1v) is 6.89. The molecular formula is C15H18N4O3. The van der Waals surface area contributed by atoms with Gasteiger partial charge in [-0.05, 0) is 18.1 Å². The van der Waals surface area contributed by atoms with Crippen LogP contribution in [-0.2, 0) is 7.05 Å². The molecule has 0 aliphatic carbocycles. The van der Waals surface area contributed by atoms with Crippen molar-refractivity contribution in [3.63, 3.8) is 0 Å². The summed E-state index contributed by atoms with van der Waals surface area (Å²) in [6, 6.07) is 5.76. The van der Waals surface area contributed by atoms with Crippen LogP contribution in [0.2, 0.25) is 0 Å². The van der Waals surface area contributed by atoms with E-state index in [2.05, 4.69) is 15.4 Å². The Morgan fingerprint density at radius 1 is 1.23 bits per heavy atom. The summed E-state index contributed by atoms with van der Waals surface area (Å²) in [5.74, 6) is -0.884. The lowest BCUT2D eigenvalue weighted by Crippen LogP contribution is -2.34. The van der Waals surface area contributed by atoms with Gasteiger partial charge in [0.15, 0.2) is 0 Å². The van der Waals surface area contributed by atoms with E-state index in [1.807, 2.05) is 13.8 Å². The number of aromatic nitrogens is 3. The van der Waals surface area contributed by atoms with E-state index in [1.54, 1.807) is 23.9 Å². The average Bonchev–Trinajstić information content (AvgIpc) is 2.90. The van der Waals surface area contributed by atoms with Crippen molar-refractivity contribution in [2.24, 2.45) is 13.0 Å². The van der Waals surface area contributed by atoms with E-state index in [1.165, 1.54) is 18.5 Å². The first-order chi connectivity index (χ1) is 10.4. The number of aromatic carboxylic acids is 1. The second-order valence-corrected chi connectivity index (χ2v) is 5.29. The number of carbonyl (C=O) groups excluding carboxylic acids is 1. The summed E-state index contributed by atoms with van der Waals surface area (Å²) in [4.78, 5) is 27.8. The number of hydrogen-bond acceptors (Lipinski definition) is 4. The fourth-order valence-corrected chi connectivity index (χ4v) is 2.20. The van der Waals surface area contributed by atoms with Gasteiger partial charge in [0, 0.05) is 7.05 Å². The number of benzene rings is 1. The molecule has 0 spiro atoms. The molecule has 1 heterocycles. The summed E-state index contributed by atoms with van der Waals surface area (Å²) in [6.07, 6.45) is 1.42. The Morgan fingerprint density at radius 2 is 1.86 bits per heavy atom. The van der Waals surface area contributed by atoms with Crippen molar-refractivity contribution < 1.29 is 14.7 Å². The fraction of sp³-hybridized carbons (Fsp3) is 0.333. The van der Waals surface area contributed by atoms with Gasteiger partial charge in [0.25, 0.3) is 5.91 Å². The van der Waals surface area contributed by atoms with Gasteiger partial charge in [-0.2, -0.15) is 5.10 Å². The minimum absolute atomic E-state index is 0.0273. The first kappa shape index (κ1) is 15.7. The second-order valence-electron chi connectivity index (χ2n) is 5.29. The molecule has 0 saturated heterocycles. The monoisotopic (exact) mass is 302 g/mol. The largest absolute Gasteiger partial charge is 0.478 e. The van der Waals surface area contributed by atoms with Crippen molar-refractivity contribution in [2.45, 2.75) is 19.9 Å². The van der Waals surface area contributed by atoms with Crippen LogP contribution >= 0.6 is 0 Å². The molecule has 116 valence electrons. The number of amides is 1. The Hall–Kier alpha value is -2.70. The maximum atomic E-state index is 12.5. The highest BCUT2D eigenvalue weighted by molar-refractivity contribution is 6.04. The van der Waals surface area contributed by atoms with Crippen LogP contribution in [0.1, 0.15) is 46.4 Å². The van der Waals surface area contributed by atoms with Crippen molar-refractivity contribution in [3.05, 3.63) is 47.5 Å². The van der Waals surface area contributed by atoms with Crippen LogP contribution in [-0.4, -0.2) is 31.7 Å². The lowest BCUT2D eigenvalue weighted by molar-refractivity contribution is 0.0690. The third-order valence-corrected chi connectivity index (χ3v) is 3.38. The molecule has 0 saturated carbocycles. The van der Waals surface area contributed by atoms with Crippen molar-refractivity contribution in [3.8, 4) is 0 Å². The molecule has 0 aliphatic rings. The molecule has 0 radical (unpaired) electrons. The van der Waals surface area contributed by atoms with E-state index in [0.717, 1.165) is 0 Å². The van der Waals surface area contributed by atoms with Gasteiger partial charge in [-0.3, -0.25) is 9.48 Å². The molecule has 1 aromatic heterocycles. The zero-order valence-electron chi connectivity index (χ0n) is 12.6. The minimum Gasteiger partial charge on any atom is -0.478 e. The van der Waals surface area contributed by atoms with Gasteiger partial charge in [-0.1, -0.05) is 26.0 Å². The number of nitrogens with one attached hydrogen (secondary N) is 1. The predicted molar refractivity (Wildman–Crippen MR) is 79.4 cm³/mol. The molecule has 22 heavy (non-hydrogen) atoms. The van der Waals surface area contributed by atoms with E-state index in [4.69, 9.17) is 0 Å². The highest BCUT2D eigenvalue weighted by Crippen LogP contribution is 2.20. The molecule has 0 unspecified atom stereocenters. The van der Waals surface area contributed by atoms with Gasteiger partial charge in [0.1, 0.15) is 12.2 Å². The van der Waals surface area contributed by atoms with Gasteiger partial charge in [0.2, 0.25) is 0 Å². The topological polar surface area (TPSA) is 97.1 Å². The SMILES string of the molecule is CC(C)[C@@H](NC(=O)c1ccccc1C(=O)O)c1ncnn1C. The molecule has 2 aromatic rings. The summed E-state index contributed by atoms with van der Waals surface area (Å²) >= 11 is 0. The lowest BCUT2D eigenvalue weighted by Gasteiger charge is -2.21. The second kappa shape index (κ2) is 6.38. The van der Waals surface area contributed by atoms with E-state index < -0.39 is 11.9 Å². The number of nitrogens with zero attached hydrogens (tertiary/aromatic N) is 3. The Labute approximate surface area is 128 Å². The summed E-state index contributed by atoms with van der Waals surface area (Å²) in [7, 11) is 1.75. The number of rotatable bonds is 5. The van der Waals surface area contributed by atoms with Gasteiger partial charge >= 0.3 is 5.97 Å². The smallest absolute Gasteiger partial charge is 0.336 e. The molecule has 0 aliphatic heterocycles. The molecule has 2 N–H and O–H groups in total. The lowest BCUT2D eigenvalue weighted by atomic mass is 10.0. The Morgan fingerprint density at radius 3 is 2.36 bits per heavy atom. The van der Waals surface area contributed by atoms with Crippen LogP contribution in [0.4, 0.5) is 0 Å². The number of hydrogen-bond donors (Lipinski definition) is 2. The van der Waals surface area contributed by atoms with Crippen LogP contribution in [0, 0.1) is 5.92 Å². The maximum absolute atomic E-state index is 12.5. The number of carboxylic acid groups (broad SMARTS) is 1. The molecule has 1 atom stereocenters. The zero-order valence-corrected chi connectivity index (χ0v) is 12.6. The first-order valence-electron chi connectivity index (χ1n) is 6.89. The van der Waals surface area contributed by atoms with E-state index in [9.17, 15) is 14.7 Å². The summed E-state index contributed by atoms with van der Waals surface area (Å²) in [6.45, 7) is 3.89. The van der Waals surface area contributed by atoms with Crippen molar-refractivity contribution in [2.75, 3.05) is 0 Å². The van der Waals surface area contributed by atoms with Crippen molar-refractivity contribution >= 4 is 11.9 Å². The number of carbonyl (C=O) groups is 2. The van der Waals surface area contributed by atoms with Crippen LogP contribution < -0.4 is 5.32 Å². The van der Waals surface area contributed by atoms with Crippen molar-refractivity contribution in [1.82, 2.24) is 20.1 Å².